The Kier molecular flexibility index (Phi) is 2.78. The van der Waals surface area contributed by atoms with Crippen molar-refractivity contribution in [2.45, 2.75) is 70.8 Å². The molecule has 2 heteroatoms. The van der Waals surface area contributed by atoms with E-state index in [4.69, 9.17) is 0 Å². The third-order valence-electron chi connectivity index (χ3n) is 4.99. The quantitative estimate of drug-likeness (QED) is 0.737. The summed E-state index contributed by atoms with van der Waals surface area (Å²) in [5.41, 5.74) is -0.771. The summed E-state index contributed by atoms with van der Waals surface area (Å²) in [4.78, 5) is 0. The predicted octanol–water partition coefficient (Wildman–Crippen LogP) is 3.40. The average molecular weight is 221 g/mol. The van der Waals surface area contributed by atoms with Crippen LogP contribution >= 0.6 is 0 Å². The van der Waals surface area contributed by atoms with Crippen LogP contribution < -0.4 is 0 Å². The van der Waals surface area contributed by atoms with E-state index in [1.165, 1.54) is 0 Å². The molecule has 16 heavy (non-hydrogen) atoms. The Morgan fingerprint density at radius 1 is 0.938 bits per heavy atom. The number of hydrogen-bond donors (Lipinski definition) is 1. The Morgan fingerprint density at radius 2 is 1.44 bits per heavy atom. The summed E-state index contributed by atoms with van der Waals surface area (Å²) < 4.78 is 0. The zero-order chi connectivity index (χ0) is 11.9. The van der Waals surface area contributed by atoms with Gasteiger partial charge in [0.05, 0.1) is 17.1 Å². The summed E-state index contributed by atoms with van der Waals surface area (Å²) in [5, 5.41) is 20.2. The normalized spacial score (nSPS) is 30.9. The third-order valence-corrected chi connectivity index (χ3v) is 4.99. The fourth-order valence-corrected chi connectivity index (χ4v) is 3.47. The molecule has 2 aliphatic rings. The maximum Gasteiger partial charge on any atom is 0.0860 e. The second-order valence-corrected chi connectivity index (χ2v) is 6.60. The number of aliphatic hydroxyl groups is 1. The van der Waals surface area contributed by atoms with E-state index in [2.05, 4.69) is 19.9 Å². The molecule has 0 spiro atoms. The molecule has 2 rings (SSSR count). The molecule has 0 saturated heterocycles. The van der Waals surface area contributed by atoms with Gasteiger partial charge in [-0.2, -0.15) is 5.26 Å². The van der Waals surface area contributed by atoms with Crippen molar-refractivity contribution in [2.75, 3.05) is 0 Å². The minimum Gasteiger partial charge on any atom is -0.388 e. The van der Waals surface area contributed by atoms with Crippen molar-refractivity contribution in [3.05, 3.63) is 0 Å². The first-order valence-electron chi connectivity index (χ1n) is 6.57. The zero-order valence-electron chi connectivity index (χ0n) is 10.6. The van der Waals surface area contributed by atoms with E-state index in [1.54, 1.807) is 0 Å². The van der Waals surface area contributed by atoms with Crippen LogP contribution in [0.25, 0.3) is 0 Å². The van der Waals surface area contributed by atoms with Crippen LogP contribution in [0.5, 0.6) is 0 Å². The van der Waals surface area contributed by atoms with Crippen LogP contribution in [-0.4, -0.2) is 10.7 Å². The molecule has 2 fully saturated rings. The summed E-state index contributed by atoms with van der Waals surface area (Å²) >= 11 is 0. The molecule has 0 bridgehead atoms. The smallest absolute Gasteiger partial charge is 0.0860 e. The summed E-state index contributed by atoms with van der Waals surface area (Å²) in [5.74, 6) is 0. The molecule has 0 radical (unpaired) electrons. The molecule has 0 aromatic carbocycles. The van der Waals surface area contributed by atoms with Gasteiger partial charge in [0.25, 0.3) is 0 Å². The number of nitrogens with zero attached hydrogens (tertiary/aromatic N) is 1. The van der Waals surface area contributed by atoms with Crippen molar-refractivity contribution >= 4 is 0 Å². The van der Waals surface area contributed by atoms with E-state index >= 15 is 0 Å². The van der Waals surface area contributed by atoms with E-state index in [0.717, 1.165) is 51.4 Å². The molecule has 0 heterocycles. The summed E-state index contributed by atoms with van der Waals surface area (Å²) in [6, 6.07) is 2.49. The third kappa shape index (κ3) is 1.76. The summed E-state index contributed by atoms with van der Waals surface area (Å²) in [7, 11) is 0. The van der Waals surface area contributed by atoms with Crippen molar-refractivity contribution in [2.24, 2.45) is 10.8 Å². The highest BCUT2D eigenvalue weighted by Gasteiger charge is 2.54. The lowest BCUT2D eigenvalue weighted by molar-refractivity contribution is -0.0799. The molecule has 1 N–H and O–H groups in total. The van der Waals surface area contributed by atoms with Crippen molar-refractivity contribution in [1.82, 2.24) is 0 Å². The van der Waals surface area contributed by atoms with Crippen LogP contribution in [0.3, 0.4) is 0 Å². The van der Waals surface area contributed by atoms with Gasteiger partial charge in [-0.1, -0.05) is 26.7 Å². The SMILES string of the molecule is CC1(C)CCC(C#N)(C2(O)CCCC2)CC1. The van der Waals surface area contributed by atoms with E-state index in [-0.39, 0.29) is 0 Å². The second-order valence-electron chi connectivity index (χ2n) is 6.60. The van der Waals surface area contributed by atoms with Crippen LogP contribution in [0.1, 0.15) is 65.2 Å². The van der Waals surface area contributed by atoms with Gasteiger partial charge in [0.1, 0.15) is 0 Å². The van der Waals surface area contributed by atoms with Gasteiger partial charge in [-0.05, 0) is 43.9 Å². The first-order valence-corrected chi connectivity index (χ1v) is 6.57. The number of nitriles is 1. The molecule has 2 aliphatic carbocycles. The molecule has 2 nitrogen and oxygen atoms in total. The van der Waals surface area contributed by atoms with Gasteiger partial charge in [0.15, 0.2) is 0 Å². The predicted molar refractivity (Wildman–Crippen MR) is 63.7 cm³/mol. The maximum absolute atomic E-state index is 10.7. The Bertz CT molecular complexity index is 297. The van der Waals surface area contributed by atoms with Crippen LogP contribution in [0.4, 0.5) is 0 Å². The molecule has 90 valence electrons. The fraction of sp³-hybridized carbons (Fsp3) is 0.929. The van der Waals surface area contributed by atoms with Crippen LogP contribution in [-0.2, 0) is 0 Å². The van der Waals surface area contributed by atoms with Gasteiger partial charge in [-0.25, -0.2) is 0 Å². The lowest BCUT2D eigenvalue weighted by atomic mass is 9.58. The molecule has 0 aromatic rings. The molecule has 0 aromatic heterocycles. The van der Waals surface area contributed by atoms with Crippen LogP contribution in [0, 0.1) is 22.2 Å². The standard InChI is InChI=1S/C14H23NO/c1-12(2)7-9-13(11-15,10-8-12)14(16)5-3-4-6-14/h16H,3-10H2,1-2H3. The molecule has 0 aliphatic heterocycles. The molecular formula is C14H23NO. The number of hydrogen-bond acceptors (Lipinski definition) is 2. The lowest BCUT2D eigenvalue weighted by Crippen LogP contribution is -2.48. The minimum atomic E-state index is -0.682. The first kappa shape index (κ1) is 11.9. The Labute approximate surface area is 98.7 Å². The molecule has 0 atom stereocenters. The van der Waals surface area contributed by atoms with Gasteiger partial charge in [0, 0.05) is 0 Å². The largest absolute Gasteiger partial charge is 0.388 e. The molecule has 2 saturated carbocycles. The summed E-state index contributed by atoms with van der Waals surface area (Å²) in [6.07, 6.45) is 7.75. The van der Waals surface area contributed by atoms with Crippen molar-refractivity contribution < 1.29 is 5.11 Å². The van der Waals surface area contributed by atoms with Crippen molar-refractivity contribution in [1.29, 1.82) is 5.26 Å². The lowest BCUT2D eigenvalue weighted by Gasteiger charge is -2.47. The van der Waals surface area contributed by atoms with Crippen molar-refractivity contribution in [3.8, 4) is 6.07 Å². The van der Waals surface area contributed by atoms with E-state index in [0.29, 0.717) is 5.41 Å². The Balaban J connectivity index is 2.19. The highest BCUT2D eigenvalue weighted by atomic mass is 16.3. The van der Waals surface area contributed by atoms with E-state index in [9.17, 15) is 10.4 Å². The van der Waals surface area contributed by atoms with Gasteiger partial charge < -0.3 is 5.11 Å². The van der Waals surface area contributed by atoms with Gasteiger partial charge in [0.2, 0.25) is 0 Å². The van der Waals surface area contributed by atoms with Crippen molar-refractivity contribution in [3.63, 3.8) is 0 Å². The first-order chi connectivity index (χ1) is 7.43. The molecule has 0 amide bonds. The highest BCUT2D eigenvalue weighted by Crippen LogP contribution is 2.54. The number of rotatable bonds is 1. The second kappa shape index (κ2) is 3.74. The van der Waals surface area contributed by atoms with E-state index < -0.39 is 11.0 Å². The summed E-state index contributed by atoms with van der Waals surface area (Å²) in [6.45, 7) is 4.54. The van der Waals surface area contributed by atoms with Gasteiger partial charge >= 0.3 is 0 Å². The molecular weight excluding hydrogens is 198 g/mol. The average Bonchev–Trinajstić information content (AvgIpc) is 2.67. The monoisotopic (exact) mass is 221 g/mol. The van der Waals surface area contributed by atoms with Crippen LogP contribution in [0.15, 0.2) is 0 Å². The van der Waals surface area contributed by atoms with E-state index in [1.807, 2.05) is 0 Å². The van der Waals surface area contributed by atoms with Gasteiger partial charge in [-0.15, -0.1) is 0 Å². The highest BCUT2D eigenvalue weighted by molar-refractivity contribution is 5.15. The maximum atomic E-state index is 10.7. The minimum absolute atomic E-state index is 0.356. The topological polar surface area (TPSA) is 44.0 Å². The molecule has 0 unspecified atom stereocenters. The fourth-order valence-electron chi connectivity index (χ4n) is 3.47. The zero-order valence-corrected chi connectivity index (χ0v) is 10.6. The van der Waals surface area contributed by atoms with Gasteiger partial charge in [-0.3, -0.25) is 0 Å². The Morgan fingerprint density at radius 3 is 1.88 bits per heavy atom. The van der Waals surface area contributed by atoms with Crippen LogP contribution in [0.2, 0.25) is 0 Å². The Hall–Kier alpha value is -0.550.